The quantitative estimate of drug-likeness (QED) is 0.540. The van der Waals surface area contributed by atoms with Crippen molar-refractivity contribution in [2.75, 3.05) is 12.3 Å². The van der Waals surface area contributed by atoms with Crippen molar-refractivity contribution in [2.24, 2.45) is 0 Å². The molecule has 8 nitrogen and oxygen atoms in total. The van der Waals surface area contributed by atoms with Crippen molar-refractivity contribution in [3.63, 3.8) is 0 Å². The van der Waals surface area contributed by atoms with E-state index in [2.05, 4.69) is 20.1 Å². The highest BCUT2D eigenvalue weighted by molar-refractivity contribution is 7.89. The van der Waals surface area contributed by atoms with Crippen LogP contribution in [0.15, 0.2) is 36.4 Å². The number of rotatable bonds is 9. The van der Waals surface area contributed by atoms with Crippen LogP contribution in [0.25, 0.3) is 5.65 Å². The van der Waals surface area contributed by atoms with Crippen LogP contribution < -0.4 is 10.0 Å². The second-order valence-electron chi connectivity index (χ2n) is 7.29. The van der Waals surface area contributed by atoms with Gasteiger partial charge in [-0.1, -0.05) is 30.3 Å². The summed E-state index contributed by atoms with van der Waals surface area (Å²) in [5.74, 6) is -0.354. The average molecular weight is 430 g/mol. The number of amides is 1. The zero-order valence-corrected chi connectivity index (χ0v) is 18.3. The Balaban J connectivity index is 1.47. The zero-order valence-electron chi connectivity index (χ0n) is 17.5. The van der Waals surface area contributed by atoms with Gasteiger partial charge < -0.3 is 5.32 Å². The Labute approximate surface area is 176 Å². The van der Waals surface area contributed by atoms with E-state index in [1.165, 1.54) is 0 Å². The van der Waals surface area contributed by atoms with Crippen molar-refractivity contribution in [2.45, 2.75) is 40.2 Å². The van der Waals surface area contributed by atoms with Gasteiger partial charge in [-0.25, -0.2) is 22.6 Å². The highest BCUT2D eigenvalue weighted by Crippen LogP contribution is 2.17. The summed E-state index contributed by atoms with van der Waals surface area (Å²) in [7, 11) is -3.46. The minimum Gasteiger partial charge on any atom is -0.355 e. The van der Waals surface area contributed by atoms with E-state index in [1.807, 2.05) is 57.2 Å². The van der Waals surface area contributed by atoms with Gasteiger partial charge in [-0.3, -0.25) is 4.79 Å². The van der Waals surface area contributed by atoms with Gasteiger partial charge in [0.1, 0.15) is 0 Å². The summed E-state index contributed by atoms with van der Waals surface area (Å²) in [6.45, 7) is 6.10. The maximum Gasteiger partial charge on any atom is 0.220 e. The number of fused-ring (bicyclic) bond motifs is 1. The van der Waals surface area contributed by atoms with E-state index in [9.17, 15) is 13.2 Å². The van der Waals surface area contributed by atoms with E-state index in [0.717, 1.165) is 33.9 Å². The Hall–Kier alpha value is -2.78. The highest BCUT2D eigenvalue weighted by atomic mass is 32.2. The van der Waals surface area contributed by atoms with Crippen LogP contribution in [0.5, 0.6) is 0 Å². The number of hydrogen-bond acceptors (Lipinski definition) is 5. The van der Waals surface area contributed by atoms with Gasteiger partial charge in [0.05, 0.1) is 11.4 Å². The van der Waals surface area contributed by atoms with E-state index < -0.39 is 10.0 Å². The summed E-state index contributed by atoms with van der Waals surface area (Å²) >= 11 is 0. The molecule has 2 heterocycles. The third-order valence-electron chi connectivity index (χ3n) is 4.92. The maximum atomic E-state index is 12.2. The summed E-state index contributed by atoms with van der Waals surface area (Å²) in [4.78, 5) is 16.8. The van der Waals surface area contributed by atoms with Crippen molar-refractivity contribution in [1.29, 1.82) is 0 Å². The molecule has 0 aliphatic carbocycles. The molecule has 2 N–H and O–H groups in total. The van der Waals surface area contributed by atoms with Crippen molar-refractivity contribution in [3.8, 4) is 0 Å². The van der Waals surface area contributed by atoms with E-state index in [4.69, 9.17) is 0 Å². The first-order valence-corrected chi connectivity index (χ1v) is 11.5. The first-order valence-electron chi connectivity index (χ1n) is 9.85. The van der Waals surface area contributed by atoms with Gasteiger partial charge in [-0.05, 0) is 38.3 Å². The lowest BCUT2D eigenvalue weighted by Crippen LogP contribution is -2.34. The lowest BCUT2D eigenvalue weighted by Gasteiger charge is -2.11. The standard InChI is InChI=1S/C21H27N5O3S/c1-15-13-20-24-16(2)19(17(3)26(20)25-15)9-10-21(27)22-11-12-30(28,29)23-14-18-7-5-4-6-8-18/h4-8,13,23H,9-12,14H2,1-3H3,(H,22,27). The minimum atomic E-state index is -3.46. The van der Waals surface area contributed by atoms with Crippen LogP contribution >= 0.6 is 0 Å². The number of nitrogens with one attached hydrogen (secondary N) is 2. The molecule has 1 aromatic carbocycles. The molecule has 0 saturated heterocycles. The Bertz CT molecular complexity index is 1140. The van der Waals surface area contributed by atoms with Gasteiger partial charge in [-0.2, -0.15) is 5.10 Å². The molecule has 0 unspecified atom stereocenters. The summed E-state index contributed by atoms with van der Waals surface area (Å²) < 4.78 is 28.5. The molecule has 2 aromatic heterocycles. The van der Waals surface area contributed by atoms with Gasteiger partial charge in [0.15, 0.2) is 5.65 Å². The largest absolute Gasteiger partial charge is 0.355 e. The Morgan fingerprint density at radius 2 is 1.87 bits per heavy atom. The Morgan fingerprint density at radius 1 is 1.13 bits per heavy atom. The lowest BCUT2D eigenvalue weighted by molar-refractivity contribution is -0.120. The molecular formula is C21H27N5O3S. The molecule has 30 heavy (non-hydrogen) atoms. The third kappa shape index (κ3) is 5.64. The normalized spacial score (nSPS) is 11.7. The van der Waals surface area contributed by atoms with E-state index in [0.29, 0.717) is 6.42 Å². The fourth-order valence-corrected chi connectivity index (χ4v) is 4.22. The van der Waals surface area contributed by atoms with Crippen LogP contribution in [0.4, 0.5) is 0 Å². The van der Waals surface area contributed by atoms with E-state index in [1.54, 1.807) is 4.52 Å². The van der Waals surface area contributed by atoms with E-state index >= 15 is 0 Å². The first-order chi connectivity index (χ1) is 14.2. The van der Waals surface area contributed by atoms with Gasteiger partial charge >= 0.3 is 0 Å². The molecule has 3 aromatic rings. The molecule has 1 amide bonds. The van der Waals surface area contributed by atoms with E-state index in [-0.39, 0.29) is 31.2 Å². The Morgan fingerprint density at radius 3 is 2.60 bits per heavy atom. The molecule has 0 aliphatic heterocycles. The molecule has 3 rings (SSSR count). The number of benzene rings is 1. The van der Waals surface area contributed by atoms with Gasteiger partial charge in [-0.15, -0.1) is 0 Å². The van der Waals surface area contributed by atoms with Gasteiger partial charge in [0.25, 0.3) is 0 Å². The number of nitrogens with zero attached hydrogens (tertiary/aromatic N) is 3. The maximum absolute atomic E-state index is 12.2. The Kier molecular flexibility index (Phi) is 6.84. The smallest absolute Gasteiger partial charge is 0.220 e. The summed E-state index contributed by atoms with van der Waals surface area (Å²) in [6, 6.07) is 11.2. The van der Waals surface area contributed by atoms with Gasteiger partial charge in [0.2, 0.25) is 15.9 Å². The third-order valence-corrected chi connectivity index (χ3v) is 6.25. The summed E-state index contributed by atoms with van der Waals surface area (Å²) in [5.41, 5.74) is 5.39. The highest BCUT2D eigenvalue weighted by Gasteiger charge is 2.14. The summed E-state index contributed by atoms with van der Waals surface area (Å²) in [5, 5.41) is 7.12. The minimum absolute atomic E-state index is 0.0660. The molecule has 9 heteroatoms. The van der Waals surface area contributed by atoms with Crippen LogP contribution in [0, 0.1) is 20.8 Å². The zero-order chi connectivity index (χ0) is 21.7. The summed E-state index contributed by atoms with van der Waals surface area (Å²) in [6.07, 6.45) is 0.775. The number of carbonyl (C=O) groups is 1. The SMILES string of the molecule is Cc1cc2nc(C)c(CCC(=O)NCCS(=O)(=O)NCc3ccccc3)c(C)n2n1. The second kappa shape index (κ2) is 9.36. The second-order valence-corrected chi connectivity index (χ2v) is 9.22. The fraction of sp³-hybridized carbons (Fsp3) is 0.381. The fourth-order valence-electron chi connectivity index (χ4n) is 3.32. The molecule has 0 fully saturated rings. The van der Waals surface area contributed by atoms with Crippen LogP contribution in [-0.2, 0) is 27.8 Å². The molecule has 160 valence electrons. The molecule has 0 radical (unpaired) electrons. The number of sulfonamides is 1. The van der Waals surface area contributed by atoms with Crippen LogP contribution in [0.2, 0.25) is 0 Å². The van der Waals surface area contributed by atoms with Crippen molar-refractivity contribution in [3.05, 3.63) is 64.6 Å². The number of carbonyl (C=O) groups excluding carboxylic acids is 1. The van der Waals surface area contributed by atoms with Gasteiger partial charge in [0, 0.05) is 37.0 Å². The van der Waals surface area contributed by atoms with Crippen LogP contribution in [0.3, 0.4) is 0 Å². The van der Waals surface area contributed by atoms with Crippen LogP contribution in [-0.4, -0.2) is 41.2 Å². The van der Waals surface area contributed by atoms with Crippen LogP contribution in [0.1, 0.15) is 34.6 Å². The monoisotopic (exact) mass is 429 g/mol. The van der Waals surface area contributed by atoms with Crippen molar-refractivity contribution >= 4 is 21.6 Å². The molecular weight excluding hydrogens is 402 g/mol. The predicted molar refractivity (Wildman–Crippen MR) is 116 cm³/mol. The first kappa shape index (κ1) is 21.9. The molecule has 0 saturated carbocycles. The van der Waals surface area contributed by atoms with Crippen molar-refractivity contribution in [1.82, 2.24) is 24.6 Å². The predicted octanol–water partition coefficient (Wildman–Crippen LogP) is 1.82. The average Bonchev–Trinajstić information content (AvgIpc) is 3.07. The molecule has 0 bridgehead atoms. The number of aromatic nitrogens is 3. The number of hydrogen-bond donors (Lipinski definition) is 2. The topological polar surface area (TPSA) is 105 Å². The lowest BCUT2D eigenvalue weighted by atomic mass is 10.1. The molecule has 0 spiro atoms. The number of aryl methyl sites for hydroxylation is 3. The molecule has 0 atom stereocenters. The molecule has 0 aliphatic rings. The van der Waals surface area contributed by atoms with Crippen molar-refractivity contribution < 1.29 is 13.2 Å².